The van der Waals surface area contributed by atoms with Crippen molar-refractivity contribution in [2.45, 2.75) is 25.0 Å². The number of alkyl carbamates (subject to hydrolysis) is 1. The monoisotopic (exact) mass is 437 g/mol. The molecule has 2 unspecified atom stereocenters. The van der Waals surface area contributed by atoms with Crippen LogP contribution < -0.4 is 5.32 Å². The van der Waals surface area contributed by atoms with Crippen molar-refractivity contribution >= 4 is 17.7 Å². The Bertz CT molecular complexity index is 1050. The molecule has 0 saturated carbocycles. The van der Waals surface area contributed by atoms with E-state index in [0.717, 1.165) is 27.8 Å². The Kier molecular flexibility index (Phi) is 6.28. The molecule has 0 aliphatic heterocycles. The summed E-state index contributed by atoms with van der Waals surface area (Å²) in [6.45, 7) is 1.87. The smallest absolute Gasteiger partial charge is 0.407 e. The van der Waals surface area contributed by atoms with E-state index in [0.29, 0.717) is 10.6 Å². The number of fused-ring (bicyclic) bond motifs is 3. The number of carbonyl (C=O) groups excluding carboxylic acids is 1. The summed E-state index contributed by atoms with van der Waals surface area (Å²) in [6, 6.07) is 21.2. The summed E-state index contributed by atoms with van der Waals surface area (Å²) in [5, 5.41) is 23.7. The van der Waals surface area contributed by atoms with Crippen LogP contribution in [0.4, 0.5) is 4.79 Å². The average molecular weight is 438 g/mol. The van der Waals surface area contributed by atoms with Gasteiger partial charge >= 0.3 is 6.09 Å². The molecule has 0 spiro atoms. The van der Waals surface area contributed by atoms with E-state index in [1.54, 1.807) is 18.2 Å². The van der Waals surface area contributed by atoms with Crippen LogP contribution in [-0.4, -0.2) is 35.6 Å². The summed E-state index contributed by atoms with van der Waals surface area (Å²) in [6.07, 6.45) is -2.97. The lowest BCUT2D eigenvalue weighted by atomic mass is 9.98. The predicted molar refractivity (Wildman–Crippen MR) is 120 cm³/mol. The van der Waals surface area contributed by atoms with Gasteiger partial charge in [0.25, 0.3) is 0 Å². The molecule has 0 bridgehead atoms. The van der Waals surface area contributed by atoms with Crippen molar-refractivity contribution in [2.75, 3.05) is 13.2 Å². The normalized spacial score (nSPS) is 14.5. The molecule has 3 aromatic rings. The SMILES string of the molecule is Cc1cc(C(O)C(O)CNC(=O)OCC2c3ccccc3-c3ccccc32)ccc1Cl. The van der Waals surface area contributed by atoms with Crippen LogP contribution >= 0.6 is 11.6 Å². The second-order valence-electron chi connectivity index (χ2n) is 7.73. The van der Waals surface area contributed by atoms with Gasteiger partial charge in [-0.1, -0.05) is 72.3 Å². The van der Waals surface area contributed by atoms with Crippen LogP contribution in [0.1, 0.15) is 34.3 Å². The maximum Gasteiger partial charge on any atom is 0.407 e. The third-order valence-electron chi connectivity index (χ3n) is 5.69. The van der Waals surface area contributed by atoms with Crippen LogP contribution in [0.15, 0.2) is 66.7 Å². The summed E-state index contributed by atoms with van der Waals surface area (Å²) >= 11 is 6.00. The summed E-state index contributed by atoms with van der Waals surface area (Å²) < 4.78 is 5.45. The lowest BCUT2D eigenvalue weighted by Crippen LogP contribution is -2.36. The Morgan fingerprint density at radius 3 is 2.26 bits per heavy atom. The van der Waals surface area contributed by atoms with Gasteiger partial charge in [-0.3, -0.25) is 0 Å². The van der Waals surface area contributed by atoms with Crippen molar-refractivity contribution < 1.29 is 19.7 Å². The van der Waals surface area contributed by atoms with Gasteiger partial charge in [0.15, 0.2) is 0 Å². The molecule has 1 amide bonds. The highest BCUT2D eigenvalue weighted by molar-refractivity contribution is 6.31. The van der Waals surface area contributed by atoms with Gasteiger partial charge in [-0.15, -0.1) is 0 Å². The van der Waals surface area contributed by atoms with Gasteiger partial charge < -0.3 is 20.3 Å². The fourth-order valence-corrected chi connectivity index (χ4v) is 4.14. The minimum Gasteiger partial charge on any atom is -0.449 e. The molecule has 0 heterocycles. The number of benzene rings is 3. The Morgan fingerprint density at radius 2 is 1.65 bits per heavy atom. The molecule has 31 heavy (non-hydrogen) atoms. The minimum absolute atomic E-state index is 0.0364. The standard InChI is InChI=1S/C25H24ClNO4/c1-15-12-16(10-11-22(15)26)24(29)23(28)13-27-25(30)31-14-21-19-8-4-2-6-17(19)18-7-3-5-9-20(18)21/h2-12,21,23-24,28-29H,13-14H2,1H3,(H,27,30). The van der Waals surface area contributed by atoms with E-state index in [4.69, 9.17) is 16.3 Å². The van der Waals surface area contributed by atoms with Gasteiger partial charge in [0.1, 0.15) is 18.8 Å². The van der Waals surface area contributed by atoms with E-state index < -0.39 is 18.3 Å². The van der Waals surface area contributed by atoms with Gasteiger partial charge in [0.2, 0.25) is 0 Å². The molecule has 1 aliphatic carbocycles. The highest BCUT2D eigenvalue weighted by Gasteiger charge is 2.29. The maximum atomic E-state index is 12.2. The van der Waals surface area contributed by atoms with Crippen molar-refractivity contribution in [3.8, 4) is 11.1 Å². The highest BCUT2D eigenvalue weighted by Crippen LogP contribution is 2.44. The molecule has 6 heteroatoms. The first-order valence-electron chi connectivity index (χ1n) is 10.2. The number of amides is 1. The van der Waals surface area contributed by atoms with Crippen LogP contribution in [0.25, 0.3) is 11.1 Å². The first kappa shape index (κ1) is 21.4. The number of nitrogens with one attached hydrogen (secondary N) is 1. The molecule has 0 fully saturated rings. The number of hydrogen-bond donors (Lipinski definition) is 3. The third-order valence-corrected chi connectivity index (χ3v) is 6.11. The van der Waals surface area contributed by atoms with E-state index in [1.165, 1.54) is 0 Å². The molecular formula is C25H24ClNO4. The van der Waals surface area contributed by atoms with Crippen LogP contribution in [0.2, 0.25) is 5.02 Å². The van der Waals surface area contributed by atoms with Gasteiger partial charge in [0.05, 0.1) is 0 Å². The lowest BCUT2D eigenvalue weighted by molar-refractivity contribution is 0.0185. The van der Waals surface area contributed by atoms with Gasteiger partial charge in [-0.25, -0.2) is 4.79 Å². The number of aliphatic hydroxyl groups is 2. The number of ether oxygens (including phenoxy) is 1. The van der Waals surface area contributed by atoms with Crippen molar-refractivity contribution in [3.05, 3.63) is 94.0 Å². The van der Waals surface area contributed by atoms with Crippen molar-refractivity contribution in [1.29, 1.82) is 0 Å². The van der Waals surface area contributed by atoms with Gasteiger partial charge in [-0.2, -0.15) is 0 Å². The second kappa shape index (κ2) is 9.10. The second-order valence-corrected chi connectivity index (χ2v) is 8.13. The van der Waals surface area contributed by atoms with E-state index in [2.05, 4.69) is 29.6 Å². The summed E-state index contributed by atoms with van der Waals surface area (Å²) in [4.78, 5) is 12.2. The van der Waals surface area contributed by atoms with Crippen molar-refractivity contribution in [3.63, 3.8) is 0 Å². The number of rotatable bonds is 6. The zero-order valence-electron chi connectivity index (χ0n) is 17.1. The molecular weight excluding hydrogens is 414 g/mol. The Hall–Kier alpha value is -2.86. The molecule has 0 saturated heterocycles. The van der Waals surface area contributed by atoms with E-state index in [1.807, 2.05) is 31.2 Å². The third kappa shape index (κ3) is 4.44. The highest BCUT2D eigenvalue weighted by atomic mass is 35.5. The molecule has 160 valence electrons. The lowest BCUT2D eigenvalue weighted by Gasteiger charge is -2.20. The quantitative estimate of drug-likeness (QED) is 0.527. The van der Waals surface area contributed by atoms with Crippen LogP contribution in [-0.2, 0) is 4.74 Å². The zero-order valence-corrected chi connectivity index (χ0v) is 17.8. The number of hydrogen-bond acceptors (Lipinski definition) is 4. The summed E-state index contributed by atoms with van der Waals surface area (Å²) in [5.41, 5.74) is 5.90. The number of aliphatic hydroxyl groups excluding tert-OH is 2. The maximum absolute atomic E-state index is 12.2. The first-order chi connectivity index (χ1) is 15.0. The van der Waals surface area contributed by atoms with E-state index >= 15 is 0 Å². The van der Waals surface area contributed by atoms with Gasteiger partial charge in [-0.05, 0) is 46.4 Å². The van der Waals surface area contributed by atoms with E-state index in [9.17, 15) is 15.0 Å². The molecule has 1 aliphatic rings. The van der Waals surface area contributed by atoms with Crippen LogP contribution in [0, 0.1) is 6.92 Å². The molecule has 0 aromatic heterocycles. The molecule has 5 nitrogen and oxygen atoms in total. The fourth-order valence-electron chi connectivity index (χ4n) is 4.02. The van der Waals surface area contributed by atoms with Crippen molar-refractivity contribution in [1.82, 2.24) is 5.32 Å². The molecule has 0 radical (unpaired) electrons. The topological polar surface area (TPSA) is 78.8 Å². The van der Waals surface area contributed by atoms with Crippen LogP contribution in [0.5, 0.6) is 0 Å². The molecule has 4 rings (SSSR count). The zero-order chi connectivity index (χ0) is 22.0. The number of carbonyl (C=O) groups is 1. The molecule has 3 aromatic carbocycles. The Labute approximate surface area is 186 Å². The average Bonchev–Trinajstić information content (AvgIpc) is 3.11. The molecule has 2 atom stereocenters. The Balaban J connectivity index is 1.34. The number of halogens is 1. The molecule has 3 N–H and O–H groups in total. The summed E-state index contributed by atoms with van der Waals surface area (Å²) in [5.74, 6) is -0.0364. The fraction of sp³-hybridized carbons (Fsp3) is 0.240. The largest absolute Gasteiger partial charge is 0.449 e. The van der Waals surface area contributed by atoms with Crippen molar-refractivity contribution in [2.24, 2.45) is 0 Å². The number of aryl methyl sites for hydroxylation is 1. The van der Waals surface area contributed by atoms with Crippen LogP contribution in [0.3, 0.4) is 0 Å². The first-order valence-corrected chi connectivity index (χ1v) is 10.5. The summed E-state index contributed by atoms with van der Waals surface area (Å²) in [7, 11) is 0. The van der Waals surface area contributed by atoms with E-state index in [-0.39, 0.29) is 19.1 Å². The predicted octanol–water partition coefficient (Wildman–Crippen LogP) is 4.58. The van der Waals surface area contributed by atoms with Gasteiger partial charge in [0, 0.05) is 17.5 Å². The Morgan fingerprint density at radius 1 is 1.03 bits per heavy atom. The minimum atomic E-state index is -1.18.